The number of pyridine rings is 1. The van der Waals surface area contributed by atoms with Crippen LogP contribution in [-0.4, -0.2) is 23.7 Å². The molecule has 0 aromatic carbocycles. The zero-order valence-electron chi connectivity index (χ0n) is 10.9. The Bertz CT molecular complexity index is 336. The molecule has 0 fully saturated rings. The SMILES string of the molecule is COC(C)(C)CC(C)Nc1cccnc1C. The van der Waals surface area contributed by atoms with Crippen molar-refractivity contribution < 1.29 is 4.74 Å². The van der Waals surface area contributed by atoms with Crippen LogP contribution < -0.4 is 5.32 Å². The summed E-state index contributed by atoms with van der Waals surface area (Å²) in [6, 6.07) is 4.36. The summed E-state index contributed by atoms with van der Waals surface area (Å²) in [5.41, 5.74) is 2.04. The molecule has 0 aliphatic carbocycles. The Morgan fingerprint density at radius 2 is 2.19 bits per heavy atom. The number of ether oxygens (including phenoxy) is 1. The Labute approximate surface area is 98.2 Å². The number of rotatable bonds is 5. The van der Waals surface area contributed by atoms with Gasteiger partial charge >= 0.3 is 0 Å². The van der Waals surface area contributed by atoms with Gasteiger partial charge in [0.25, 0.3) is 0 Å². The van der Waals surface area contributed by atoms with E-state index in [9.17, 15) is 0 Å². The topological polar surface area (TPSA) is 34.1 Å². The zero-order valence-corrected chi connectivity index (χ0v) is 10.9. The quantitative estimate of drug-likeness (QED) is 0.831. The summed E-state index contributed by atoms with van der Waals surface area (Å²) >= 11 is 0. The molecule has 0 saturated heterocycles. The first-order valence-electron chi connectivity index (χ1n) is 5.68. The Morgan fingerprint density at radius 1 is 1.50 bits per heavy atom. The second-order valence-electron chi connectivity index (χ2n) is 4.85. The van der Waals surface area contributed by atoms with Gasteiger partial charge < -0.3 is 10.1 Å². The van der Waals surface area contributed by atoms with E-state index in [0.717, 1.165) is 17.8 Å². The summed E-state index contributed by atoms with van der Waals surface area (Å²) in [7, 11) is 1.75. The van der Waals surface area contributed by atoms with Gasteiger partial charge in [-0.3, -0.25) is 4.98 Å². The molecule has 1 aromatic rings. The van der Waals surface area contributed by atoms with Crippen LogP contribution in [0.1, 0.15) is 32.9 Å². The maximum absolute atomic E-state index is 5.42. The first kappa shape index (κ1) is 13.0. The number of anilines is 1. The predicted molar refractivity (Wildman–Crippen MR) is 67.8 cm³/mol. The van der Waals surface area contributed by atoms with Crippen LogP contribution in [0, 0.1) is 6.92 Å². The van der Waals surface area contributed by atoms with E-state index in [4.69, 9.17) is 4.74 Å². The molecule has 0 aliphatic rings. The van der Waals surface area contributed by atoms with Crippen molar-refractivity contribution in [2.75, 3.05) is 12.4 Å². The van der Waals surface area contributed by atoms with Crippen LogP contribution in [0.2, 0.25) is 0 Å². The van der Waals surface area contributed by atoms with E-state index in [0.29, 0.717) is 6.04 Å². The smallest absolute Gasteiger partial charge is 0.0642 e. The van der Waals surface area contributed by atoms with Crippen molar-refractivity contribution in [2.45, 2.75) is 45.8 Å². The molecule has 0 amide bonds. The van der Waals surface area contributed by atoms with Crippen molar-refractivity contribution in [3.63, 3.8) is 0 Å². The highest BCUT2D eigenvalue weighted by molar-refractivity contribution is 5.47. The predicted octanol–water partition coefficient (Wildman–Crippen LogP) is 3.01. The summed E-state index contributed by atoms with van der Waals surface area (Å²) in [6.07, 6.45) is 2.77. The molecule has 0 spiro atoms. The molecule has 1 atom stereocenters. The molecular formula is C13H22N2O. The fourth-order valence-corrected chi connectivity index (χ4v) is 1.77. The van der Waals surface area contributed by atoms with Crippen LogP contribution in [0.4, 0.5) is 5.69 Å². The van der Waals surface area contributed by atoms with Gasteiger partial charge in [0.15, 0.2) is 0 Å². The first-order valence-corrected chi connectivity index (χ1v) is 5.68. The minimum Gasteiger partial charge on any atom is -0.381 e. The van der Waals surface area contributed by atoms with Crippen molar-refractivity contribution in [1.29, 1.82) is 0 Å². The Balaban J connectivity index is 2.58. The van der Waals surface area contributed by atoms with Crippen molar-refractivity contribution >= 4 is 5.69 Å². The standard InChI is InChI=1S/C13H22N2O/c1-10(9-13(3,4)16-5)15-12-7-6-8-14-11(12)2/h6-8,10,15H,9H2,1-5H3. The maximum atomic E-state index is 5.42. The molecule has 0 radical (unpaired) electrons. The van der Waals surface area contributed by atoms with Crippen molar-refractivity contribution in [3.05, 3.63) is 24.0 Å². The summed E-state index contributed by atoms with van der Waals surface area (Å²) in [4.78, 5) is 4.26. The molecule has 1 rings (SSSR count). The number of methoxy groups -OCH3 is 1. The lowest BCUT2D eigenvalue weighted by atomic mass is 9.99. The van der Waals surface area contributed by atoms with E-state index < -0.39 is 0 Å². The van der Waals surface area contributed by atoms with Crippen LogP contribution in [0.3, 0.4) is 0 Å². The highest BCUT2D eigenvalue weighted by Crippen LogP contribution is 2.19. The van der Waals surface area contributed by atoms with Crippen LogP contribution in [0.15, 0.2) is 18.3 Å². The third-order valence-electron chi connectivity index (χ3n) is 2.76. The van der Waals surface area contributed by atoms with Crippen LogP contribution >= 0.6 is 0 Å². The second kappa shape index (κ2) is 5.30. The van der Waals surface area contributed by atoms with E-state index in [1.54, 1.807) is 7.11 Å². The van der Waals surface area contributed by atoms with Crippen LogP contribution in [0.5, 0.6) is 0 Å². The summed E-state index contributed by atoms with van der Waals surface area (Å²) in [5.74, 6) is 0. The molecule has 1 N–H and O–H groups in total. The number of aromatic nitrogens is 1. The number of nitrogens with one attached hydrogen (secondary N) is 1. The van der Waals surface area contributed by atoms with E-state index in [-0.39, 0.29) is 5.60 Å². The minimum absolute atomic E-state index is 0.0947. The Hall–Kier alpha value is -1.09. The average Bonchev–Trinajstić information content (AvgIpc) is 2.21. The molecule has 1 unspecified atom stereocenters. The van der Waals surface area contributed by atoms with E-state index in [1.807, 2.05) is 19.2 Å². The van der Waals surface area contributed by atoms with E-state index in [2.05, 4.69) is 37.1 Å². The van der Waals surface area contributed by atoms with Gasteiger partial charge in [-0.05, 0) is 46.2 Å². The first-order chi connectivity index (χ1) is 7.44. The van der Waals surface area contributed by atoms with Gasteiger partial charge in [0.05, 0.1) is 17.0 Å². The molecule has 3 heteroatoms. The minimum atomic E-state index is -0.0947. The Kier molecular flexibility index (Phi) is 4.30. The highest BCUT2D eigenvalue weighted by Gasteiger charge is 2.20. The van der Waals surface area contributed by atoms with Gasteiger partial charge in [-0.25, -0.2) is 0 Å². The number of hydrogen-bond donors (Lipinski definition) is 1. The third-order valence-corrected chi connectivity index (χ3v) is 2.76. The average molecular weight is 222 g/mol. The van der Waals surface area contributed by atoms with Crippen LogP contribution in [0.25, 0.3) is 0 Å². The number of aryl methyl sites for hydroxylation is 1. The number of hydrogen-bond acceptors (Lipinski definition) is 3. The molecule has 16 heavy (non-hydrogen) atoms. The van der Waals surface area contributed by atoms with Gasteiger partial charge in [-0.1, -0.05) is 0 Å². The summed E-state index contributed by atoms with van der Waals surface area (Å²) in [5, 5.41) is 3.46. The fraction of sp³-hybridized carbons (Fsp3) is 0.615. The third kappa shape index (κ3) is 3.81. The fourth-order valence-electron chi connectivity index (χ4n) is 1.77. The lowest BCUT2D eigenvalue weighted by molar-refractivity contribution is 0.0128. The molecule has 90 valence electrons. The largest absolute Gasteiger partial charge is 0.381 e. The molecule has 3 nitrogen and oxygen atoms in total. The maximum Gasteiger partial charge on any atom is 0.0642 e. The van der Waals surface area contributed by atoms with Gasteiger partial charge in [0.2, 0.25) is 0 Å². The normalized spacial score (nSPS) is 13.6. The summed E-state index contributed by atoms with van der Waals surface area (Å²) < 4.78 is 5.42. The Morgan fingerprint density at radius 3 is 2.75 bits per heavy atom. The van der Waals surface area contributed by atoms with Gasteiger partial charge in [0, 0.05) is 19.3 Å². The summed E-state index contributed by atoms with van der Waals surface area (Å²) in [6.45, 7) is 8.37. The van der Waals surface area contributed by atoms with Crippen molar-refractivity contribution in [3.8, 4) is 0 Å². The highest BCUT2D eigenvalue weighted by atomic mass is 16.5. The molecular weight excluding hydrogens is 200 g/mol. The lowest BCUT2D eigenvalue weighted by Crippen LogP contribution is -2.31. The zero-order chi connectivity index (χ0) is 12.2. The van der Waals surface area contributed by atoms with Gasteiger partial charge in [0.1, 0.15) is 0 Å². The van der Waals surface area contributed by atoms with E-state index >= 15 is 0 Å². The molecule has 1 aromatic heterocycles. The molecule has 0 aliphatic heterocycles. The van der Waals surface area contributed by atoms with Gasteiger partial charge in [-0.15, -0.1) is 0 Å². The van der Waals surface area contributed by atoms with Crippen molar-refractivity contribution in [1.82, 2.24) is 4.98 Å². The second-order valence-corrected chi connectivity index (χ2v) is 4.85. The number of nitrogens with zero attached hydrogens (tertiary/aromatic N) is 1. The molecule has 1 heterocycles. The van der Waals surface area contributed by atoms with E-state index in [1.165, 1.54) is 0 Å². The van der Waals surface area contributed by atoms with Crippen LogP contribution in [-0.2, 0) is 4.74 Å². The van der Waals surface area contributed by atoms with Gasteiger partial charge in [-0.2, -0.15) is 0 Å². The lowest BCUT2D eigenvalue weighted by Gasteiger charge is -2.27. The molecule has 0 bridgehead atoms. The van der Waals surface area contributed by atoms with Crippen molar-refractivity contribution in [2.24, 2.45) is 0 Å². The monoisotopic (exact) mass is 222 g/mol. The molecule has 0 saturated carbocycles.